The zero-order valence-corrected chi connectivity index (χ0v) is 7.12. The number of hydrogen-bond acceptors (Lipinski definition) is 3. The first-order chi connectivity index (χ1) is 5.81. The second-order valence-corrected chi connectivity index (χ2v) is 2.57. The van der Waals surface area contributed by atoms with E-state index < -0.39 is 0 Å². The fourth-order valence-corrected chi connectivity index (χ4v) is 1.19. The van der Waals surface area contributed by atoms with Gasteiger partial charge in [0.05, 0.1) is 7.11 Å². The highest BCUT2D eigenvalue weighted by molar-refractivity contribution is 6.28. The van der Waals surface area contributed by atoms with Crippen LogP contribution in [0.2, 0.25) is 5.28 Å². The normalized spacial score (nSPS) is 10.5. The maximum Gasteiger partial charge on any atom is 0.244 e. The summed E-state index contributed by atoms with van der Waals surface area (Å²) in [5, 5.41) is 4.11. The SMILES string of the molecule is COc1nc(Cl)nn2cccc12. The molecule has 0 amide bonds. The van der Waals surface area contributed by atoms with Gasteiger partial charge >= 0.3 is 0 Å². The minimum absolute atomic E-state index is 0.176. The maximum atomic E-state index is 5.64. The Morgan fingerprint density at radius 2 is 2.42 bits per heavy atom. The highest BCUT2D eigenvalue weighted by Gasteiger charge is 2.04. The fourth-order valence-electron chi connectivity index (χ4n) is 1.03. The number of halogens is 1. The molecule has 62 valence electrons. The average molecular weight is 184 g/mol. The van der Waals surface area contributed by atoms with Crippen molar-refractivity contribution < 1.29 is 4.74 Å². The topological polar surface area (TPSA) is 39.4 Å². The zero-order valence-electron chi connectivity index (χ0n) is 6.36. The van der Waals surface area contributed by atoms with Crippen LogP contribution in [0.4, 0.5) is 0 Å². The van der Waals surface area contributed by atoms with E-state index in [1.54, 1.807) is 17.8 Å². The van der Waals surface area contributed by atoms with Gasteiger partial charge in [0, 0.05) is 6.20 Å². The van der Waals surface area contributed by atoms with Crippen LogP contribution in [0.15, 0.2) is 18.3 Å². The van der Waals surface area contributed by atoms with E-state index in [1.807, 2.05) is 12.1 Å². The lowest BCUT2D eigenvalue weighted by Gasteiger charge is -2.00. The molecule has 0 saturated heterocycles. The highest BCUT2D eigenvalue weighted by Crippen LogP contribution is 2.17. The molecule has 0 spiro atoms. The van der Waals surface area contributed by atoms with Crippen LogP contribution in [0.3, 0.4) is 0 Å². The summed E-state index contributed by atoms with van der Waals surface area (Å²) in [7, 11) is 1.55. The smallest absolute Gasteiger partial charge is 0.244 e. The fraction of sp³-hybridized carbons (Fsp3) is 0.143. The van der Waals surface area contributed by atoms with Crippen molar-refractivity contribution in [3.8, 4) is 5.88 Å². The van der Waals surface area contributed by atoms with Crippen molar-refractivity contribution in [2.24, 2.45) is 0 Å². The van der Waals surface area contributed by atoms with Crippen molar-refractivity contribution in [1.29, 1.82) is 0 Å². The molecule has 2 heterocycles. The van der Waals surface area contributed by atoms with Crippen molar-refractivity contribution >= 4 is 17.1 Å². The van der Waals surface area contributed by atoms with Crippen molar-refractivity contribution in [2.45, 2.75) is 0 Å². The van der Waals surface area contributed by atoms with Gasteiger partial charge in [-0.25, -0.2) is 4.52 Å². The Morgan fingerprint density at radius 3 is 3.17 bits per heavy atom. The van der Waals surface area contributed by atoms with Crippen LogP contribution >= 0.6 is 11.6 Å². The van der Waals surface area contributed by atoms with Gasteiger partial charge in [-0.05, 0) is 23.7 Å². The quantitative estimate of drug-likeness (QED) is 0.671. The number of rotatable bonds is 1. The van der Waals surface area contributed by atoms with E-state index in [1.165, 1.54) is 0 Å². The number of fused-ring (bicyclic) bond motifs is 1. The predicted molar refractivity (Wildman–Crippen MR) is 44.5 cm³/mol. The molecular formula is C7H6ClN3O. The van der Waals surface area contributed by atoms with Gasteiger partial charge in [0.2, 0.25) is 11.2 Å². The second kappa shape index (κ2) is 2.64. The third-order valence-electron chi connectivity index (χ3n) is 1.52. The zero-order chi connectivity index (χ0) is 8.55. The number of aromatic nitrogens is 3. The summed E-state index contributed by atoms with van der Waals surface area (Å²) >= 11 is 5.64. The highest BCUT2D eigenvalue weighted by atomic mass is 35.5. The van der Waals surface area contributed by atoms with Crippen LogP contribution in [0.25, 0.3) is 5.52 Å². The summed E-state index contributed by atoms with van der Waals surface area (Å²) in [6, 6.07) is 3.71. The van der Waals surface area contributed by atoms with Gasteiger partial charge in [-0.2, -0.15) is 4.98 Å². The van der Waals surface area contributed by atoms with E-state index in [0.717, 1.165) is 5.52 Å². The number of methoxy groups -OCH3 is 1. The average Bonchev–Trinajstić information content (AvgIpc) is 2.50. The third kappa shape index (κ3) is 1.00. The Kier molecular flexibility index (Phi) is 1.62. The molecule has 0 N–H and O–H groups in total. The molecule has 2 aromatic rings. The van der Waals surface area contributed by atoms with Crippen molar-refractivity contribution in [3.63, 3.8) is 0 Å². The Morgan fingerprint density at radius 1 is 1.58 bits per heavy atom. The number of hydrogen-bond donors (Lipinski definition) is 0. The minimum Gasteiger partial charge on any atom is -0.479 e. The molecule has 0 radical (unpaired) electrons. The largest absolute Gasteiger partial charge is 0.479 e. The van der Waals surface area contributed by atoms with Crippen LogP contribution in [-0.2, 0) is 0 Å². The molecular weight excluding hydrogens is 178 g/mol. The molecule has 0 aliphatic carbocycles. The van der Waals surface area contributed by atoms with E-state index in [9.17, 15) is 0 Å². The lowest BCUT2D eigenvalue weighted by molar-refractivity contribution is 0.399. The summed E-state index contributed by atoms with van der Waals surface area (Å²) in [5.41, 5.74) is 0.807. The molecule has 5 heteroatoms. The first kappa shape index (κ1) is 7.36. The molecule has 0 unspecified atom stereocenters. The summed E-state index contributed by atoms with van der Waals surface area (Å²) in [6.45, 7) is 0. The van der Waals surface area contributed by atoms with Crippen LogP contribution in [-0.4, -0.2) is 21.7 Å². The van der Waals surface area contributed by atoms with Crippen LogP contribution < -0.4 is 4.74 Å². The molecule has 12 heavy (non-hydrogen) atoms. The first-order valence-electron chi connectivity index (χ1n) is 3.36. The number of ether oxygens (including phenoxy) is 1. The second-order valence-electron chi connectivity index (χ2n) is 2.23. The molecule has 0 atom stereocenters. The molecule has 0 aliphatic rings. The Hall–Kier alpha value is -1.29. The van der Waals surface area contributed by atoms with Crippen molar-refractivity contribution in [1.82, 2.24) is 14.6 Å². The van der Waals surface area contributed by atoms with Crippen LogP contribution in [0.5, 0.6) is 5.88 Å². The minimum atomic E-state index is 0.176. The molecule has 0 saturated carbocycles. The molecule has 0 aliphatic heterocycles. The molecule has 2 rings (SSSR count). The molecule has 0 bridgehead atoms. The van der Waals surface area contributed by atoms with E-state index in [-0.39, 0.29) is 5.28 Å². The van der Waals surface area contributed by atoms with Gasteiger partial charge in [-0.15, -0.1) is 5.10 Å². The van der Waals surface area contributed by atoms with Gasteiger partial charge in [0.25, 0.3) is 0 Å². The first-order valence-corrected chi connectivity index (χ1v) is 3.74. The Bertz CT molecular complexity index is 412. The lowest BCUT2D eigenvalue weighted by atomic mass is 10.5. The predicted octanol–water partition coefficient (Wildman–Crippen LogP) is 1.39. The van der Waals surface area contributed by atoms with Gasteiger partial charge < -0.3 is 4.74 Å². The third-order valence-corrected chi connectivity index (χ3v) is 1.68. The van der Waals surface area contributed by atoms with Gasteiger partial charge in [0.1, 0.15) is 5.52 Å². The van der Waals surface area contributed by atoms with Crippen LogP contribution in [0, 0.1) is 0 Å². The summed E-state index contributed by atoms with van der Waals surface area (Å²) in [4.78, 5) is 3.90. The van der Waals surface area contributed by atoms with Crippen molar-refractivity contribution in [3.05, 3.63) is 23.6 Å². The van der Waals surface area contributed by atoms with Crippen LogP contribution in [0.1, 0.15) is 0 Å². The molecule has 4 nitrogen and oxygen atoms in total. The summed E-state index contributed by atoms with van der Waals surface area (Å²) in [6.07, 6.45) is 1.78. The van der Waals surface area contributed by atoms with Gasteiger partial charge in [-0.3, -0.25) is 0 Å². The summed E-state index contributed by atoms with van der Waals surface area (Å²) < 4.78 is 6.63. The van der Waals surface area contributed by atoms with Gasteiger partial charge in [-0.1, -0.05) is 0 Å². The van der Waals surface area contributed by atoms with E-state index in [2.05, 4.69) is 10.1 Å². The standard InChI is InChI=1S/C7H6ClN3O/c1-12-6-5-3-2-4-11(5)10-7(8)9-6/h2-4H,1H3. The Labute approximate surface area is 73.7 Å². The maximum absolute atomic E-state index is 5.64. The number of nitrogens with zero attached hydrogens (tertiary/aromatic N) is 3. The lowest BCUT2D eigenvalue weighted by Crippen LogP contribution is -1.97. The molecule has 0 aromatic carbocycles. The van der Waals surface area contributed by atoms with E-state index >= 15 is 0 Å². The van der Waals surface area contributed by atoms with E-state index in [0.29, 0.717) is 5.88 Å². The summed E-state index contributed by atoms with van der Waals surface area (Å²) in [5.74, 6) is 0.486. The molecule has 2 aromatic heterocycles. The van der Waals surface area contributed by atoms with Gasteiger partial charge in [0.15, 0.2) is 0 Å². The van der Waals surface area contributed by atoms with E-state index in [4.69, 9.17) is 16.3 Å². The molecule has 0 fully saturated rings. The monoisotopic (exact) mass is 183 g/mol. The Balaban J connectivity index is 2.80. The van der Waals surface area contributed by atoms with Crippen molar-refractivity contribution in [2.75, 3.05) is 7.11 Å².